The molecular weight excluding hydrogens is 396 g/mol. The van der Waals surface area contributed by atoms with Gasteiger partial charge in [-0.3, -0.25) is 20.4 Å². The molecule has 4 rings (SSSR count). The van der Waals surface area contributed by atoms with E-state index in [1.165, 1.54) is 5.56 Å². The van der Waals surface area contributed by atoms with Gasteiger partial charge >= 0.3 is 5.91 Å². The summed E-state index contributed by atoms with van der Waals surface area (Å²) in [5.74, 6) is 0.781. The highest BCUT2D eigenvalue weighted by Gasteiger charge is 2.21. The van der Waals surface area contributed by atoms with Crippen LogP contribution < -0.4 is 10.9 Å². The predicted octanol–water partition coefficient (Wildman–Crippen LogP) is 4.94. The maximum atomic E-state index is 12.8. The van der Waals surface area contributed by atoms with E-state index in [0.29, 0.717) is 16.9 Å². The number of hydrogen-bond acceptors (Lipinski definition) is 4. The molecule has 6 heteroatoms. The number of fused-ring (bicyclic) bond motifs is 1. The molecule has 0 aliphatic carbocycles. The SMILES string of the molecule is O=C(NNC(=O)c1oc2ccccc2c1CSCc1ccccc1)c1ccccc1. The summed E-state index contributed by atoms with van der Waals surface area (Å²) < 4.78 is 5.83. The molecule has 0 aliphatic heterocycles. The monoisotopic (exact) mass is 416 g/mol. The number of rotatable bonds is 6. The molecule has 0 saturated carbocycles. The van der Waals surface area contributed by atoms with Crippen molar-refractivity contribution in [2.45, 2.75) is 11.5 Å². The summed E-state index contributed by atoms with van der Waals surface area (Å²) in [5.41, 5.74) is 8.05. The first kappa shape index (κ1) is 19.8. The Hall–Kier alpha value is -3.51. The predicted molar refractivity (Wildman–Crippen MR) is 119 cm³/mol. The van der Waals surface area contributed by atoms with Crippen molar-refractivity contribution in [3.05, 3.63) is 107 Å². The number of para-hydroxylation sites is 1. The standard InChI is InChI=1S/C24H20N2O3S/c27-23(18-11-5-2-6-12-18)25-26-24(28)22-20(19-13-7-8-14-21(19)29-22)16-30-15-17-9-3-1-4-10-17/h1-14H,15-16H2,(H,25,27)(H,26,28). The van der Waals surface area contributed by atoms with E-state index in [0.717, 1.165) is 16.7 Å². The van der Waals surface area contributed by atoms with E-state index in [9.17, 15) is 9.59 Å². The molecule has 2 amide bonds. The van der Waals surface area contributed by atoms with Gasteiger partial charge in [0.25, 0.3) is 5.91 Å². The number of hydrogen-bond donors (Lipinski definition) is 2. The molecule has 1 aromatic heterocycles. The van der Waals surface area contributed by atoms with Gasteiger partial charge in [-0.1, -0.05) is 66.7 Å². The van der Waals surface area contributed by atoms with Crippen LogP contribution in [0.25, 0.3) is 11.0 Å². The maximum absolute atomic E-state index is 12.8. The summed E-state index contributed by atoms with van der Waals surface area (Å²) >= 11 is 1.70. The van der Waals surface area contributed by atoms with Crippen LogP contribution in [-0.2, 0) is 11.5 Å². The lowest BCUT2D eigenvalue weighted by molar-refractivity contribution is 0.0831. The molecule has 0 unspecified atom stereocenters. The number of furan rings is 1. The van der Waals surface area contributed by atoms with Crippen LogP contribution >= 0.6 is 11.8 Å². The second kappa shape index (κ2) is 9.33. The van der Waals surface area contributed by atoms with Crippen molar-refractivity contribution >= 4 is 34.5 Å². The second-order valence-corrected chi connectivity index (χ2v) is 7.64. The van der Waals surface area contributed by atoms with Crippen LogP contribution in [0.4, 0.5) is 0 Å². The maximum Gasteiger partial charge on any atom is 0.305 e. The minimum Gasteiger partial charge on any atom is -0.451 e. The highest BCUT2D eigenvalue weighted by atomic mass is 32.2. The van der Waals surface area contributed by atoms with Gasteiger partial charge in [-0.2, -0.15) is 11.8 Å². The van der Waals surface area contributed by atoms with E-state index < -0.39 is 5.91 Å². The number of thioether (sulfide) groups is 1. The first-order chi connectivity index (χ1) is 14.7. The van der Waals surface area contributed by atoms with Crippen LogP contribution in [-0.4, -0.2) is 11.8 Å². The number of carbonyl (C=O) groups excluding carboxylic acids is 2. The molecule has 0 fully saturated rings. The molecule has 2 N–H and O–H groups in total. The highest BCUT2D eigenvalue weighted by Crippen LogP contribution is 2.30. The minimum absolute atomic E-state index is 0.213. The molecule has 3 aromatic carbocycles. The average Bonchev–Trinajstić information content (AvgIpc) is 3.17. The lowest BCUT2D eigenvalue weighted by Crippen LogP contribution is -2.41. The number of carbonyl (C=O) groups is 2. The van der Waals surface area contributed by atoms with Gasteiger partial charge in [-0.15, -0.1) is 0 Å². The van der Waals surface area contributed by atoms with E-state index in [2.05, 4.69) is 23.0 Å². The highest BCUT2D eigenvalue weighted by molar-refractivity contribution is 7.97. The van der Waals surface area contributed by atoms with Crippen molar-refractivity contribution < 1.29 is 14.0 Å². The molecule has 0 saturated heterocycles. The topological polar surface area (TPSA) is 71.3 Å². The fraction of sp³-hybridized carbons (Fsp3) is 0.0833. The Morgan fingerprint density at radius 2 is 1.37 bits per heavy atom. The zero-order valence-corrected chi connectivity index (χ0v) is 16.9. The van der Waals surface area contributed by atoms with Gasteiger partial charge in [0.05, 0.1) is 0 Å². The van der Waals surface area contributed by atoms with Gasteiger partial charge < -0.3 is 4.42 Å². The van der Waals surface area contributed by atoms with Crippen LogP contribution in [0.3, 0.4) is 0 Å². The minimum atomic E-state index is -0.481. The van der Waals surface area contributed by atoms with Crippen LogP contribution in [0, 0.1) is 0 Å². The zero-order valence-electron chi connectivity index (χ0n) is 16.1. The molecule has 0 atom stereocenters. The van der Waals surface area contributed by atoms with E-state index >= 15 is 0 Å². The summed E-state index contributed by atoms with van der Waals surface area (Å²) in [4.78, 5) is 25.0. The lowest BCUT2D eigenvalue weighted by atomic mass is 10.1. The van der Waals surface area contributed by atoms with E-state index in [-0.39, 0.29) is 11.7 Å². The zero-order chi connectivity index (χ0) is 20.8. The fourth-order valence-electron chi connectivity index (χ4n) is 3.10. The smallest absolute Gasteiger partial charge is 0.305 e. The van der Waals surface area contributed by atoms with Gasteiger partial charge in [-0.05, 0) is 23.8 Å². The van der Waals surface area contributed by atoms with Gasteiger partial charge in [0.15, 0.2) is 5.76 Å². The quantitative estimate of drug-likeness (QED) is 0.437. The van der Waals surface area contributed by atoms with Crippen molar-refractivity contribution in [2.24, 2.45) is 0 Å². The summed E-state index contributed by atoms with van der Waals surface area (Å²) in [6, 6.07) is 26.4. The number of nitrogens with one attached hydrogen (secondary N) is 2. The van der Waals surface area contributed by atoms with Gasteiger partial charge in [0, 0.05) is 28.0 Å². The fourth-order valence-corrected chi connectivity index (χ4v) is 4.12. The molecule has 4 aromatic rings. The molecule has 0 spiro atoms. The molecule has 0 radical (unpaired) electrons. The summed E-state index contributed by atoms with van der Waals surface area (Å²) in [6.07, 6.45) is 0. The average molecular weight is 417 g/mol. The molecule has 1 heterocycles. The normalized spacial score (nSPS) is 10.7. The molecule has 150 valence electrons. The Morgan fingerprint density at radius 3 is 2.13 bits per heavy atom. The van der Waals surface area contributed by atoms with E-state index in [1.807, 2.05) is 48.5 Å². The van der Waals surface area contributed by atoms with Gasteiger partial charge in [0.1, 0.15) is 5.58 Å². The van der Waals surface area contributed by atoms with E-state index in [4.69, 9.17) is 4.42 Å². The van der Waals surface area contributed by atoms with Crippen LogP contribution in [0.15, 0.2) is 89.3 Å². The Labute approximate surface area is 178 Å². The van der Waals surface area contributed by atoms with Crippen molar-refractivity contribution in [3.8, 4) is 0 Å². The summed E-state index contributed by atoms with van der Waals surface area (Å²) in [7, 11) is 0. The van der Waals surface area contributed by atoms with Crippen LogP contribution in [0.1, 0.15) is 32.0 Å². The van der Waals surface area contributed by atoms with Crippen molar-refractivity contribution in [2.75, 3.05) is 0 Å². The molecular formula is C24H20N2O3S. The Kier molecular flexibility index (Phi) is 6.15. The number of amides is 2. The third kappa shape index (κ3) is 4.55. The first-order valence-corrected chi connectivity index (χ1v) is 10.7. The van der Waals surface area contributed by atoms with Crippen molar-refractivity contribution in [1.82, 2.24) is 10.9 Å². The summed E-state index contributed by atoms with van der Waals surface area (Å²) in [5, 5.41) is 0.901. The lowest BCUT2D eigenvalue weighted by Gasteiger charge is -2.07. The molecule has 0 aliphatic rings. The second-order valence-electron chi connectivity index (χ2n) is 6.66. The number of benzene rings is 3. The Bertz CT molecular complexity index is 1160. The largest absolute Gasteiger partial charge is 0.451 e. The summed E-state index contributed by atoms with van der Waals surface area (Å²) in [6.45, 7) is 0. The van der Waals surface area contributed by atoms with Gasteiger partial charge in [-0.25, -0.2) is 0 Å². The van der Waals surface area contributed by atoms with Crippen molar-refractivity contribution in [3.63, 3.8) is 0 Å². The Balaban J connectivity index is 1.49. The van der Waals surface area contributed by atoms with E-state index in [1.54, 1.807) is 36.0 Å². The van der Waals surface area contributed by atoms with Crippen molar-refractivity contribution in [1.29, 1.82) is 0 Å². The third-order valence-electron chi connectivity index (χ3n) is 4.59. The molecule has 0 bridgehead atoms. The van der Waals surface area contributed by atoms with Crippen LogP contribution in [0.2, 0.25) is 0 Å². The number of hydrazine groups is 1. The molecule has 30 heavy (non-hydrogen) atoms. The van der Waals surface area contributed by atoms with Crippen LogP contribution in [0.5, 0.6) is 0 Å². The first-order valence-electron chi connectivity index (χ1n) is 9.50. The Morgan fingerprint density at radius 1 is 0.733 bits per heavy atom. The van der Waals surface area contributed by atoms with Gasteiger partial charge in [0.2, 0.25) is 0 Å². The third-order valence-corrected chi connectivity index (χ3v) is 5.62. The molecule has 5 nitrogen and oxygen atoms in total.